The average molecular weight is 174 g/mol. The van der Waals surface area contributed by atoms with Crippen molar-refractivity contribution < 1.29 is 4.85 Å². The van der Waals surface area contributed by atoms with Crippen molar-refractivity contribution in [2.45, 2.75) is 0 Å². The first-order valence-corrected chi connectivity index (χ1v) is 3.76. The molecule has 2 aromatic rings. The van der Waals surface area contributed by atoms with Gasteiger partial charge in [-0.25, -0.2) is 0 Å². The molecule has 0 unspecified atom stereocenters. The normalized spacial score (nSPS) is 10.2. The van der Waals surface area contributed by atoms with Gasteiger partial charge in [0.25, 0.3) is 6.20 Å². The number of hydrogen-bond acceptors (Lipinski definition) is 3. The Bertz CT molecular complexity index is 511. The Labute approximate surface area is 73.7 Å². The fourth-order valence-electron chi connectivity index (χ4n) is 1.14. The lowest BCUT2D eigenvalue weighted by Gasteiger charge is -1.86. The SMILES string of the molecule is O=c1cc2ccccc2n[n+]([O-])c1. The number of benzene rings is 1. The van der Waals surface area contributed by atoms with Crippen LogP contribution >= 0.6 is 0 Å². The fraction of sp³-hybridized carbons (Fsp3) is 0. The largest absolute Gasteiger partial charge is 0.594 e. The molecule has 0 saturated heterocycles. The second kappa shape index (κ2) is 2.82. The molecule has 0 atom stereocenters. The Balaban J connectivity index is 2.98. The van der Waals surface area contributed by atoms with Crippen LogP contribution in [0.3, 0.4) is 0 Å². The molecular weight excluding hydrogens is 168 g/mol. The number of aromatic nitrogens is 2. The summed E-state index contributed by atoms with van der Waals surface area (Å²) in [6.07, 6.45) is 0.903. The third-order valence-electron chi connectivity index (χ3n) is 1.68. The summed E-state index contributed by atoms with van der Waals surface area (Å²) in [5.41, 5.74) is 0.170. The first-order chi connectivity index (χ1) is 6.25. The topological polar surface area (TPSA) is 56.9 Å². The summed E-state index contributed by atoms with van der Waals surface area (Å²) in [6.45, 7) is 0. The van der Waals surface area contributed by atoms with E-state index in [1.165, 1.54) is 6.07 Å². The van der Waals surface area contributed by atoms with E-state index in [4.69, 9.17) is 0 Å². The molecule has 1 heterocycles. The molecule has 0 saturated carbocycles. The van der Waals surface area contributed by atoms with E-state index < -0.39 is 0 Å². The van der Waals surface area contributed by atoms with Crippen LogP contribution in [0.15, 0.2) is 41.3 Å². The van der Waals surface area contributed by atoms with Crippen molar-refractivity contribution in [2.24, 2.45) is 0 Å². The van der Waals surface area contributed by atoms with Crippen LogP contribution in [0.2, 0.25) is 0 Å². The van der Waals surface area contributed by atoms with Crippen molar-refractivity contribution in [1.29, 1.82) is 0 Å². The van der Waals surface area contributed by atoms with Crippen LogP contribution in [0.25, 0.3) is 10.9 Å². The van der Waals surface area contributed by atoms with E-state index >= 15 is 0 Å². The Morgan fingerprint density at radius 1 is 1.31 bits per heavy atom. The summed E-state index contributed by atoms with van der Waals surface area (Å²) in [5, 5.41) is 15.2. The number of nitrogens with zero attached hydrogens (tertiary/aromatic N) is 2. The molecule has 1 aromatic carbocycles. The van der Waals surface area contributed by atoms with Gasteiger partial charge in [0.05, 0.1) is 0 Å². The van der Waals surface area contributed by atoms with Gasteiger partial charge in [-0.15, -0.1) is 0 Å². The first kappa shape index (κ1) is 7.67. The predicted molar refractivity (Wildman–Crippen MR) is 47.0 cm³/mol. The molecule has 0 aliphatic carbocycles. The van der Waals surface area contributed by atoms with Crippen LogP contribution < -0.4 is 10.3 Å². The first-order valence-electron chi connectivity index (χ1n) is 3.76. The quantitative estimate of drug-likeness (QED) is 0.424. The molecule has 0 N–H and O–H groups in total. The second-order valence-corrected chi connectivity index (χ2v) is 2.64. The van der Waals surface area contributed by atoms with Crippen LogP contribution in [-0.2, 0) is 0 Å². The molecule has 2 rings (SSSR count). The Morgan fingerprint density at radius 2 is 2.08 bits per heavy atom. The van der Waals surface area contributed by atoms with Gasteiger partial charge in [0.15, 0.2) is 0 Å². The molecule has 0 aliphatic heterocycles. The molecule has 13 heavy (non-hydrogen) atoms. The van der Waals surface area contributed by atoms with Crippen LogP contribution in [0.4, 0.5) is 0 Å². The minimum Gasteiger partial charge on any atom is -0.594 e. The van der Waals surface area contributed by atoms with Crippen molar-refractivity contribution in [3.8, 4) is 0 Å². The summed E-state index contributed by atoms with van der Waals surface area (Å²) < 4.78 is 0. The molecule has 64 valence electrons. The Hall–Kier alpha value is -1.97. The lowest BCUT2D eigenvalue weighted by atomic mass is 10.2. The molecule has 4 nitrogen and oxygen atoms in total. The number of fused-ring (bicyclic) bond motifs is 1. The van der Waals surface area contributed by atoms with Gasteiger partial charge >= 0.3 is 0 Å². The third kappa shape index (κ3) is 1.46. The van der Waals surface area contributed by atoms with Gasteiger partial charge in [-0.05, 0) is 6.07 Å². The van der Waals surface area contributed by atoms with Gasteiger partial charge in [-0.2, -0.15) is 0 Å². The minimum absolute atomic E-state index is 0.282. The zero-order valence-electron chi connectivity index (χ0n) is 6.68. The standard InChI is InChI=1S/C9H6N2O2/c12-8-5-7-3-1-2-4-9(7)10-11(13)6-8/h1-6H. The maximum absolute atomic E-state index is 11.0. The molecule has 1 aromatic heterocycles. The predicted octanol–water partition coefficient (Wildman–Crippen LogP) is 0.228. The summed E-state index contributed by atoms with van der Waals surface area (Å²) >= 11 is 0. The van der Waals surface area contributed by atoms with Crippen molar-refractivity contribution >= 4 is 10.9 Å². The maximum atomic E-state index is 11.0. The minimum atomic E-state index is -0.344. The molecule has 0 fully saturated rings. The Kier molecular flexibility index (Phi) is 1.66. The van der Waals surface area contributed by atoms with Crippen molar-refractivity contribution in [1.82, 2.24) is 5.10 Å². The average Bonchev–Trinajstić information content (AvgIpc) is 2.20. The Morgan fingerprint density at radius 3 is 2.92 bits per heavy atom. The lowest BCUT2D eigenvalue weighted by Crippen LogP contribution is -2.31. The molecule has 0 bridgehead atoms. The lowest BCUT2D eigenvalue weighted by molar-refractivity contribution is -0.666. The van der Waals surface area contributed by atoms with E-state index in [9.17, 15) is 10.0 Å². The van der Waals surface area contributed by atoms with Crippen LogP contribution in [0, 0.1) is 5.21 Å². The molecule has 0 amide bonds. The van der Waals surface area contributed by atoms with Gasteiger partial charge in [-0.3, -0.25) is 4.79 Å². The van der Waals surface area contributed by atoms with E-state index in [0.717, 1.165) is 6.20 Å². The molecule has 0 spiro atoms. The highest BCUT2D eigenvalue weighted by atomic mass is 16.5. The van der Waals surface area contributed by atoms with Gasteiger partial charge in [-0.1, -0.05) is 23.0 Å². The van der Waals surface area contributed by atoms with Crippen molar-refractivity contribution in [2.75, 3.05) is 0 Å². The van der Waals surface area contributed by atoms with Gasteiger partial charge in [0.2, 0.25) is 5.43 Å². The molecular formula is C9H6N2O2. The van der Waals surface area contributed by atoms with Crippen LogP contribution in [-0.4, -0.2) is 5.10 Å². The zero-order valence-corrected chi connectivity index (χ0v) is 6.68. The van der Waals surface area contributed by atoms with E-state index in [0.29, 0.717) is 10.9 Å². The van der Waals surface area contributed by atoms with E-state index in [2.05, 4.69) is 5.10 Å². The van der Waals surface area contributed by atoms with Crippen molar-refractivity contribution in [3.05, 3.63) is 52.0 Å². The van der Waals surface area contributed by atoms with Gasteiger partial charge in [0, 0.05) is 16.6 Å². The van der Waals surface area contributed by atoms with E-state index in [1.54, 1.807) is 24.3 Å². The second-order valence-electron chi connectivity index (χ2n) is 2.64. The highest BCUT2D eigenvalue weighted by molar-refractivity contribution is 5.76. The highest BCUT2D eigenvalue weighted by Crippen LogP contribution is 2.04. The maximum Gasteiger partial charge on any atom is 0.256 e. The fourth-order valence-corrected chi connectivity index (χ4v) is 1.14. The highest BCUT2D eigenvalue weighted by Gasteiger charge is 1.97. The summed E-state index contributed by atoms with van der Waals surface area (Å²) in [6, 6.07) is 8.36. The van der Waals surface area contributed by atoms with E-state index in [-0.39, 0.29) is 10.3 Å². The van der Waals surface area contributed by atoms with Gasteiger partial charge in [0.1, 0.15) is 5.52 Å². The summed E-state index contributed by atoms with van der Waals surface area (Å²) in [4.78, 5) is 11.3. The third-order valence-corrected chi connectivity index (χ3v) is 1.68. The molecule has 4 heteroatoms. The monoisotopic (exact) mass is 174 g/mol. The van der Waals surface area contributed by atoms with Gasteiger partial charge < -0.3 is 5.21 Å². The number of hydrogen-bond donors (Lipinski definition) is 0. The summed E-state index contributed by atoms with van der Waals surface area (Å²) in [7, 11) is 0. The zero-order chi connectivity index (χ0) is 9.26. The van der Waals surface area contributed by atoms with Crippen LogP contribution in [0.5, 0.6) is 0 Å². The van der Waals surface area contributed by atoms with Crippen molar-refractivity contribution in [3.63, 3.8) is 0 Å². The van der Waals surface area contributed by atoms with Crippen LogP contribution in [0.1, 0.15) is 0 Å². The smallest absolute Gasteiger partial charge is 0.256 e. The van der Waals surface area contributed by atoms with E-state index in [1.807, 2.05) is 0 Å². The molecule has 0 radical (unpaired) electrons. The number of rotatable bonds is 0. The molecule has 0 aliphatic rings. The summed E-state index contributed by atoms with van der Waals surface area (Å²) in [5.74, 6) is 0.